The maximum Gasteiger partial charge on any atom is 0.231 e. The van der Waals surface area contributed by atoms with Crippen molar-refractivity contribution in [1.29, 1.82) is 0 Å². The zero-order valence-corrected chi connectivity index (χ0v) is 15.3. The van der Waals surface area contributed by atoms with E-state index in [0.29, 0.717) is 13.0 Å². The van der Waals surface area contributed by atoms with Crippen LogP contribution in [0.3, 0.4) is 0 Å². The first kappa shape index (κ1) is 17.7. The predicted molar refractivity (Wildman–Crippen MR) is 91.6 cm³/mol. The number of rotatable bonds is 3. The third-order valence-corrected chi connectivity index (χ3v) is 6.61. The highest BCUT2D eigenvalue weighted by Crippen LogP contribution is 2.44. The molecule has 0 aromatic rings. The fraction of sp³-hybridized carbons (Fsp3) is 0.889. The monoisotopic (exact) mass is 337 g/mol. The minimum Gasteiger partial charge on any atom is -0.384 e. The highest BCUT2D eigenvalue weighted by atomic mass is 16.5. The van der Waals surface area contributed by atoms with Crippen molar-refractivity contribution in [3.63, 3.8) is 0 Å². The van der Waals surface area contributed by atoms with Crippen LogP contribution in [0.25, 0.3) is 0 Å². The van der Waals surface area contributed by atoms with E-state index in [1.807, 2.05) is 11.9 Å². The van der Waals surface area contributed by atoms with Crippen LogP contribution in [0.1, 0.15) is 38.5 Å². The van der Waals surface area contributed by atoms with Crippen LogP contribution in [-0.2, 0) is 14.3 Å². The van der Waals surface area contributed by atoms with E-state index in [0.717, 1.165) is 58.3 Å². The second-order valence-corrected chi connectivity index (χ2v) is 8.00. The quantitative estimate of drug-likeness (QED) is 0.770. The molecule has 1 atom stereocenters. The van der Waals surface area contributed by atoms with Gasteiger partial charge < -0.3 is 14.5 Å². The lowest BCUT2D eigenvalue weighted by Crippen LogP contribution is -2.64. The van der Waals surface area contributed by atoms with Crippen molar-refractivity contribution in [3.05, 3.63) is 0 Å². The normalized spacial score (nSPS) is 31.0. The Morgan fingerprint density at radius 3 is 2.50 bits per heavy atom. The number of likely N-dealkylation sites (tertiary alicyclic amines) is 1. The summed E-state index contributed by atoms with van der Waals surface area (Å²) in [6.45, 7) is 3.72. The first-order valence-corrected chi connectivity index (χ1v) is 9.16. The number of carbonyl (C=O) groups is 2. The smallest absolute Gasteiger partial charge is 0.231 e. The summed E-state index contributed by atoms with van der Waals surface area (Å²) in [5, 5.41) is 0. The molecular weight excluding hydrogens is 306 g/mol. The zero-order chi connectivity index (χ0) is 17.4. The summed E-state index contributed by atoms with van der Waals surface area (Å²) >= 11 is 0. The van der Waals surface area contributed by atoms with Crippen molar-refractivity contribution in [2.24, 2.45) is 5.41 Å². The average Bonchev–Trinajstić information content (AvgIpc) is 2.68. The molecule has 0 unspecified atom stereocenters. The number of hydrogen-bond donors (Lipinski definition) is 0. The summed E-state index contributed by atoms with van der Waals surface area (Å²) in [6.07, 6.45) is 5.36. The second kappa shape index (κ2) is 6.64. The maximum atomic E-state index is 13.2. The summed E-state index contributed by atoms with van der Waals surface area (Å²) in [4.78, 5) is 31.5. The molecule has 2 aliphatic heterocycles. The predicted octanol–water partition coefficient (Wildman–Crippen LogP) is 0.958. The summed E-state index contributed by atoms with van der Waals surface area (Å²) < 4.78 is 5.36. The van der Waals surface area contributed by atoms with Gasteiger partial charge in [-0.3, -0.25) is 14.5 Å². The van der Waals surface area contributed by atoms with Crippen LogP contribution in [0.15, 0.2) is 0 Å². The number of likely N-dealkylation sites (N-methyl/N-ethyl adjacent to an activating group) is 1. The van der Waals surface area contributed by atoms with Gasteiger partial charge in [0.1, 0.15) is 0 Å². The van der Waals surface area contributed by atoms with Crippen LogP contribution in [0.4, 0.5) is 0 Å². The molecule has 2 amide bonds. The second-order valence-electron chi connectivity index (χ2n) is 8.00. The molecule has 2 saturated heterocycles. The Labute approximate surface area is 145 Å². The van der Waals surface area contributed by atoms with Crippen LogP contribution in [-0.4, -0.2) is 86.0 Å². The molecule has 136 valence electrons. The van der Waals surface area contributed by atoms with Crippen molar-refractivity contribution in [3.8, 4) is 0 Å². The van der Waals surface area contributed by atoms with Gasteiger partial charge in [0.25, 0.3) is 0 Å². The van der Waals surface area contributed by atoms with Crippen molar-refractivity contribution in [2.75, 3.05) is 54.0 Å². The van der Waals surface area contributed by atoms with E-state index in [9.17, 15) is 9.59 Å². The lowest BCUT2D eigenvalue weighted by atomic mass is 9.68. The standard InChI is InChI=1S/C18H31N3O3/c1-19-10-9-18(8-5-15(19)22)13-21(12-11-20(18)2)16(23)17(14-24-3)6-4-7-17/h4-14H2,1-3H3/t18-/m1/s1. The summed E-state index contributed by atoms with van der Waals surface area (Å²) in [5.74, 6) is 0.491. The first-order valence-electron chi connectivity index (χ1n) is 9.16. The number of ether oxygens (including phenoxy) is 1. The summed E-state index contributed by atoms with van der Waals surface area (Å²) in [6, 6.07) is 0. The Morgan fingerprint density at radius 2 is 1.88 bits per heavy atom. The van der Waals surface area contributed by atoms with Gasteiger partial charge in [-0.25, -0.2) is 0 Å². The molecule has 24 heavy (non-hydrogen) atoms. The van der Waals surface area contributed by atoms with E-state index in [2.05, 4.69) is 16.8 Å². The molecule has 3 aliphatic rings. The molecule has 0 radical (unpaired) electrons. The summed E-state index contributed by atoms with van der Waals surface area (Å²) in [5.41, 5.74) is -0.352. The number of nitrogens with zero attached hydrogens (tertiary/aromatic N) is 3. The topological polar surface area (TPSA) is 53.1 Å². The largest absolute Gasteiger partial charge is 0.384 e. The van der Waals surface area contributed by atoms with Gasteiger partial charge in [0, 0.05) is 52.3 Å². The molecule has 6 heteroatoms. The maximum absolute atomic E-state index is 13.2. The van der Waals surface area contributed by atoms with Crippen LogP contribution in [0.5, 0.6) is 0 Å². The lowest BCUT2D eigenvalue weighted by molar-refractivity contribution is -0.157. The Bertz CT molecular complexity index is 506. The van der Waals surface area contributed by atoms with Gasteiger partial charge in [0.2, 0.25) is 11.8 Å². The minimum atomic E-state index is -0.289. The van der Waals surface area contributed by atoms with Crippen LogP contribution in [0.2, 0.25) is 0 Å². The average molecular weight is 337 g/mol. The molecule has 2 heterocycles. The summed E-state index contributed by atoms with van der Waals surface area (Å²) in [7, 11) is 5.71. The van der Waals surface area contributed by atoms with Crippen LogP contribution >= 0.6 is 0 Å². The number of piperazine rings is 1. The van der Waals surface area contributed by atoms with Gasteiger partial charge in [0.05, 0.1) is 12.0 Å². The van der Waals surface area contributed by atoms with E-state index in [1.54, 1.807) is 7.11 Å². The highest BCUT2D eigenvalue weighted by molar-refractivity contribution is 5.84. The van der Waals surface area contributed by atoms with Crippen molar-refractivity contribution < 1.29 is 14.3 Å². The molecule has 0 aromatic carbocycles. The number of carbonyl (C=O) groups excluding carboxylic acids is 2. The van der Waals surface area contributed by atoms with Gasteiger partial charge in [-0.1, -0.05) is 6.42 Å². The van der Waals surface area contributed by atoms with Crippen molar-refractivity contribution >= 4 is 11.8 Å². The molecule has 0 bridgehead atoms. The number of amides is 2. The molecule has 6 nitrogen and oxygen atoms in total. The Balaban J connectivity index is 1.75. The third kappa shape index (κ3) is 2.94. The first-order chi connectivity index (χ1) is 11.4. The van der Waals surface area contributed by atoms with Crippen LogP contribution in [0, 0.1) is 5.41 Å². The molecule has 1 saturated carbocycles. The molecule has 3 rings (SSSR count). The fourth-order valence-corrected chi connectivity index (χ4v) is 4.57. The Hall–Kier alpha value is -1.14. The van der Waals surface area contributed by atoms with Gasteiger partial charge >= 0.3 is 0 Å². The number of hydrogen-bond acceptors (Lipinski definition) is 4. The highest BCUT2D eigenvalue weighted by Gasteiger charge is 2.50. The van der Waals surface area contributed by atoms with E-state index >= 15 is 0 Å². The van der Waals surface area contributed by atoms with E-state index in [1.165, 1.54) is 0 Å². The molecule has 3 fully saturated rings. The molecule has 0 aromatic heterocycles. The fourth-order valence-electron chi connectivity index (χ4n) is 4.57. The molecule has 0 N–H and O–H groups in total. The van der Waals surface area contributed by atoms with Gasteiger partial charge in [-0.05, 0) is 32.7 Å². The van der Waals surface area contributed by atoms with Crippen molar-refractivity contribution in [1.82, 2.24) is 14.7 Å². The SMILES string of the molecule is COCC1(C(=O)N2CCN(C)[C@@]3(CCC(=O)N(C)CC3)C2)CCC1. The van der Waals surface area contributed by atoms with E-state index in [4.69, 9.17) is 4.74 Å². The van der Waals surface area contributed by atoms with E-state index in [-0.39, 0.29) is 22.8 Å². The third-order valence-electron chi connectivity index (χ3n) is 6.61. The van der Waals surface area contributed by atoms with Crippen LogP contribution < -0.4 is 0 Å². The Kier molecular flexibility index (Phi) is 4.89. The molecular formula is C18H31N3O3. The van der Waals surface area contributed by atoms with Gasteiger partial charge in [-0.15, -0.1) is 0 Å². The van der Waals surface area contributed by atoms with Crippen molar-refractivity contribution in [2.45, 2.75) is 44.1 Å². The number of methoxy groups -OCH3 is 1. The van der Waals surface area contributed by atoms with E-state index < -0.39 is 0 Å². The minimum absolute atomic E-state index is 0.0632. The van der Waals surface area contributed by atoms with Gasteiger partial charge in [0.15, 0.2) is 0 Å². The Morgan fingerprint density at radius 1 is 1.12 bits per heavy atom. The zero-order valence-electron chi connectivity index (χ0n) is 15.3. The lowest BCUT2D eigenvalue weighted by Gasteiger charge is -2.52. The molecule has 1 spiro atoms. The molecule has 1 aliphatic carbocycles. The van der Waals surface area contributed by atoms with Gasteiger partial charge in [-0.2, -0.15) is 0 Å².